The second kappa shape index (κ2) is 9.98. The molecule has 0 N–H and O–H groups in total. The molecule has 0 unspecified atom stereocenters. The van der Waals surface area contributed by atoms with Gasteiger partial charge in [0, 0.05) is 0 Å². The average molecular weight is 551 g/mol. The number of hydrogen-bond acceptors (Lipinski definition) is 0. The van der Waals surface area contributed by atoms with Crippen molar-refractivity contribution in [2.24, 2.45) is 0 Å². The summed E-state index contributed by atoms with van der Waals surface area (Å²) in [5, 5.41) is 0. The standard InChI is InChI=1S/2HI.Pb.Sr.2H/h2*1H;;;;/q;;+2;;;/p-2. The predicted octanol–water partition coefficient (Wildman–Crippen LogP) is 0.474. The summed E-state index contributed by atoms with van der Waals surface area (Å²) in [6.45, 7) is 0. The van der Waals surface area contributed by atoms with E-state index in [4.69, 9.17) is 0 Å². The van der Waals surface area contributed by atoms with Crippen LogP contribution in [0.1, 0.15) is 0 Å². The first-order valence-corrected chi connectivity index (χ1v) is 22.2. The van der Waals surface area contributed by atoms with Gasteiger partial charge in [-0.05, 0) is 0 Å². The third kappa shape index (κ3) is 9.29. The van der Waals surface area contributed by atoms with E-state index in [9.17, 15) is 0 Å². The van der Waals surface area contributed by atoms with Crippen LogP contribution in [-0.2, 0) is 0 Å². The predicted molar refractivity (Wildman–Crippen MR) is 42.3 cm³/mol. The number of halogens is 2. The van der Waals surface area contributed by atoms with E-state index in [0.717, 1.165) is 0 Å². The first kappa shape index (κ1) is 10.8. The number of hydrogen-bond donors (Lipinski definition) is 0. The second-order valence-electron chi connectivity index (χ2n) is 0.0714. The van der Waals surface area contributed by atoms with Crippen LogP contribution in [0, 0.1) is 0 Å². The van der Waals surface area contributed by atoms with E-state index in [1.165, 1.54) is 0 Å². The van der Waals surface area contributed by atoms with E-state index in [0.29, 0.717) is 0 Å². The summed E-state index contributed by atoms with van der Waals surface area (Å²) in [5.41, 5.74) is 0. The molecule has 0 aliphatic heterocycles. The van der Waals surface area contributed by atoms with Gasteiger partial charge in [0.2, 0.25) is 0 Å². The van der Waals surface area contributed by atoms with Crippen LogP contribution in [0.2, 0.25) is 0 Å². The van der Waals surface area contributed by atoms with E-state index in [-0.39, 0.29) is 61.1 Å². The first-order valence-electron chi connectivity index (χ1n) is 0.378. The molecule has 2 radical (unpaired) electrons. The van der Waals surface area contributed by atoms with Crippen LogP contribution in [-0.4, -0.2) is 61.1 Å². The van der Waals surface area contributed by atoms with Crippen molar-refractivity contribution in [1.82, 2.24) is 0 Å². The summed E-state index contributed by atoms with van der Waals surface area (Å²) in [4.78, 5) is 0. The van der Waals surface area contributed by atoms with Gasteiger partial charge in [-0.2, -0.15) is 0 Å². The van der Waals surface area contributed by atoms with Crippen molar-refractivity contribution in [3.05, 3.63) is 0 Å². The van der Waals surface area contributed by atoms with Crippen LogP contribution in [0.3, 0.4) is 0 Å². The molecule has 4 heavy (non-hydrogen) atoms. The van der Waals surface area contributed by atoms with E-state index in [2.05, 4.69) is 35.5 Å². The van der Waals surface area contributed by atoms with Crippen molar-refractivity contribution >= 4 is 96.7 Å². The zero-order valence-corrected chi connectivity index (χ0v) is 9.46. The molecular weight excluding hydrogens is 549 g/mol. The van der Waals surface area contributed by atoms with Crippen LogP contribution in [0.4, 0.5) is 0 Å². The van der Waals surface area contributed by atoms with Gasteiger partial charge in [0.25, 0.3) is 0 Å². The Balaban J connectivity index is 0. The molecule has 0 heterocycles. The van der Waals surface area contributed by atoms with Gasteiger partial charge in [-0.3, -0.25) is 0 Å². The third-order valence-corrected chi connectivity index (χ3v) is 0. The zero-order chi connectivity index (χ0) is 2.71. The molecule has 0 saturated carbocycles. The molecule has 0 saturated heterocycles. The molecule has 0 atom stereocenters. The molecule has 0 rings (SSSR count). The molecule has 0 aromatic heterocycles. The Hall–Kier alpha value is 3.86. The van der Waals surface area contributed by atoms with Gasteiger partial charge in [0.1, 0.15) is 0 Å². The van der Waals surface area contributed by atoms with Crippen LogP contribution in [0.5, 0.6) is 0 Å². The Morgan fingerprint density at radius 1 is 1.25 bits per heavy atom. The minimum absolute atomic E-state index is 0. The molecule has 0 aromatic carbocycles. The fourth-order valence-electron chi connectivity index (χ4n) is 0. The molecule has 0 spiro atoms. The van der Waals surface area contributed by atoms with Crippen LogP contribution < -0.4 is 0 Å². The fraction of sp³-hybridized carbons (Fsp3) is 0. The summed E-state index contributed by atoms with van der Waals surface area (Å²) in [5.74, 6) is 0. The van der Waals surface area contributed by atoms with Crippen molar-refractivity contribution < 1.29 is 0 Å². The maximum atomic E-state index is 2.47. The summed E-state index contributed by atoms with van der Waals surface area (Å²) in [6, 6.07) is 0. The Morgan fingerprint density at radius 2 is 1.25 bits per heavy atom. The first-order chi connectivity index (χ1) is 1.41. The van der Waals surface area contributed by atoms with E-state index in [1.54, 1.807) is 0 Å². The molecule has 0 nitrogen and oxygen atoms in total. The second-order valence-corrected chi connectivity index (χ2v) is 28.2. The van der Waals surface area contributed by atoms with Crippen molar-refractivity contribution in [3.63, 3.8) is 0 Å². The summed E-state index contributed by atoms with van der Waals surface area (Å²) in [7, 11) is 0. The van der Waals surface area contributed by atoms with Gasteiger partial charge in [0.15, 0.2) is 0 Å². The van der Waals surface area contributed by atoms with Crippen molar-refractivity contribution in [2.45, 2.75) is 0 Å². The van der Waals surface area contributed by atoms with Gasteiger partial charge < -0.3 is 0 Å². The topological polar surface area (TPSA) is 0 Å². The third-order valence-electron chi connectivity index (χ3n) is 0. The van der Waals surface area contributed by atoms with Crippen molar-refractivity contribution in [3.8, 4) is 0 Å². The minimum atomic E-state index is 0. The van der Waals surface area contributed by atoms with Crippen LogP contribution in [0.25, 0.3) is 0 Å². The molecular formula is H2I2PbSr. The molecule has 0 aliphatic carbocycles. The molecule has 0 bridgehead atoms. The van der Waals surface area contributed by atoms with E-state index >= 15 is 0 Å². The monoisotopic (exact) mass is 552 g/mol. The van der Waals surface area contributed by atoms with Crippen molar-refractivity contribution in [1.29, 1.82) is 0 Å². The Kier molecular flexibility index (Phi) is 26.9. The summed E-state index contributed by atoms with van der Waals surface area (Å²) >= 11 is 4.96. The quantitative estimate of drug-likeness (QED) is 0.304. The van der Waals surface area contributed by atoms with Gasteiger partial charge >= 0.3 is 96.7 Å². The van der Waals surface area contributed by atoms with E-state index < -0.39 is 0 Å². The molecule has 0 fully saturated rings. The molecule has 0 amide bonds. The van der Waals surface area contributed by atoms with Crippen LogP contribution >= 0.6 is 35.5 Å². The maximum absolute atomic E-state index is 2.47. The molecule has 0 aliphatic rings. The number of rotatable bonds is 0. The van der Waals surface area contributed by atoms with Gasteiger partial charge in [-0.25, -0.2) is 0 Å². The molecule has 4 heteroatoms. The van der Waals surface area contributed by atoms with Gasteiger partial charge in [-0.1, -0.05) is 0 Å². The molecule has 22 valence electrons. The SMILES string of the molecule is [I][Pb][I].[SrH2]. The van der Waals surface area contributed by atoms with Gasteiger partial charge in [-0.15, -0.1) is 0 Å². The zero-order valence-electron chi connectivity index (χ0n) is 1.26. The molecule has 0 aromatic rings. The summed E-state index contributed by atoms with van der Waals surface area (Å²) in [6.07, 6.45) is 0. The Bertz CT molecular complexity index is 6.00. The van der Waals surface area contributed by atoms with Gasteiger partial charge in [0.05, 0.1) is 0 Å². The Labute approximate surface area is 93.2 Å². The van der Waals surface area contributed by atoms with Crippen LogP contribution in [0.15, 0.2) is 0 Å². The fourth-order valence-corrected chi connectivity index (χ4v) is 0. The summed E-state index contributed by atoms with van der Waals surface area (Å²) < 4.78 is 0. The van der Waals surface area contributed by atoms with Crippen molar-refractivity contribution in [2.75, 3.05) is 0 Å². The normalized spacial score (nSPS) is 4.50. The average Bonchev–Trinajstić information content (AvgIpc) is 0.918. The Morgan fingerprint density at radius 3 is 1.25 bits per heavy atom. The van der Waals surface area contributed by atoms with E-state index in [1.807, 2.05) is 0 Å².